The Morgan fingerprint density at radius 3 is 2.81 bits per heavy atom. The fourth-order valence-corrected chi connectivity index (χ4v) is 1.30. The van der Waals surface area contributed by atoms with Gasteiger partial charge in [0.25, 0.3) is 0 Å². The van der Waals surface area contributed by atoms with Crippen LogP contribution in [0, 0.1) is 0 Å². The largest absolute Gasteiger partial charge is 0.313 e. The first-order chi connectivity index (χ1) is 7.50. The number of nitrogens with zero attached hydrogens (tertiary/aromatic N) is 2. The topological polar surface area (TPSA) is 34.9 Å². The summed E-state index contributed by atoms with van der Waals surface area (Å²) in [5, 5.41) is 0.355. The zero-order valence-electron chi connectivity index (χ0n) is 8.29. The van der Waals surface area contributed by atoms with Gasteiger partial charge < -0.3 is 4.57 Å². The molecule has 0 saturated heterocycles. The van der Waals surface area contributed by atoms with E-state index in [4.69, 9.17) is 23.2 Å². The van der Waals surface area contributed by atoms with Crippen LogP contribution in [0.5, 0.6) is 0 Å². The van der Waals surface area contributed by atoms with E-state index in [9.17, 15) is 9.18 Å². The second-order valence-electron chi connectivity index (χ2n) is 3.04. The maximum Gasteiger partial charge on any atom is 0.175 e. The number of allylic oxidation sites excluding steroid dienone is 3. The summed E-state index contributed by atoms with van der Waals surface area (Å²) in [7, 11) is 0. The highest BCUT2D eigenvalue weighted by atomic mass is 35.5. The molecular formula is C10H9Cl2FN2O. The number of carbonyl (C=O) groups is 1. The summed E-state index contributed by atoms with van der Waals surface area (Å²) in [5.41, 5.74) is 0. The minimum atomic E-state index is -0.493. The van der Waals surface area contributed by atoms with E-state index in [0.717, 1.165) is 0 Å². The molecule has 0 saturated carbocycles. The van der Waals surface area contributed by atoms with Gasteiger partial charge in [0.2, 0.25) is 0 Å². The van der Waals surface area contributed by atoms with Gasteiger partial charge in [-0.25, -0.2) is 9.37 Å². The average molecular weight is 263 g/mol. The maximum atomic E-state index is 12.2. The first-order valence-electron chi connectivity index (χ1n) is 4.39. The smallest absolute Gasteiger partial charge is 0.175 e. The molecule has 1 aromatic heterocycles. The lowest BCUT2D eigenvalue weighted by Crippen LogP contribution is -2.06. The summed E-state index contributed by atoms with van der Waals surface area (Å²) in [6.07, 6.45) is 4.07. The number of halogens is 3. The van der Waals surface area contributed by atoms with Crippen molar-refractivity contribution in [1.29, 1.82) is 0 Å². The molecule has 3 nitrogen and oxygen atoms in total. The van der Waals surface area contributed by atoms with E-state index in [2.05, 4.69) is 11.6 Å². The van der Waals surface area contributed by atoms with Crippen molar-refractivity contribution in [3.8, 4) is 0 Å². The molecular weight excluding hydrogens is 254 g/mol. The van der Waals surface area contributed by atoms with Gasteiger partial charge in [-0.3, -0.25) is 4.79 Å². The van der Waals surface area contributed by atoms with Crippen molar-refractivity contribution >= 4 is 29.0 Å². The van der Waals surface area contributed by atoms with E-state index in [1.807, 2.05) is 0 Å². The highest BCUT2D eigenvalue weighted by Gasteiger charge is 2.07. The molecule has 0 atom stereocenters. The highest BCUT2D eigenvalue weighted by Crippen LogP contribution is 2.19. The number of hydrogen-bond donors (Lipinski definition) is 0. The molecule has 1 aromatic rings. The third-order valence-electron chi connectivity index (χ3n) is 1.70. The van der Waals surface area contributed by atoms with Crippen LogP contribution in [0.4, 0.5) is 4.39 Å². The van der Waals surface area contributed by atoms with Crippen LogP contribution in [0.15, 0.2) is 30.9 Å². The van der Waals surface area contributed by atoms with Crippen LogP contribution >= 0.6 is 23.2 Å². The lowest BCUT2D eigenvalue weighted by molar-refractivity contribution is -0.115. The van der Waals surface area contributed by atoms with Crippen molar-refractivity contribution < 1.29 is 9.18 Å². The second kappa shape index (κ2) is 5.82. The summed E-state index contributed by atoms with van der Waals surface area (Å²) in [6, 6.07) is 0. The molecule has 0 unspecified atom stereocenters. The summed E-state index contributed by atoms with van der Waals surface area (Å²) in [6.45, 7) is 3.09. The predicted octanol–water partition coefficient (Wildman–Crippen LogP) is 3.19. The van der Waals surface area contributed by atoms with Gasteiger partial charge >= 0.3 is 0 Å². The van der Waals surface area contributed by atoms with Crippen LogP contribution in [0.1, 0.15) is 6.42 Å². The normalized spacial score (nSPS) is 10.9. The number of ketones is 1. The highest BCUT2D eigenvalue weighted by molar-refractivity contribution is 6.40. The minimum Gasteiger partial charge on any atom is -0.313 e. The summed E-state index contributed by atoms with van der Waals surface area (Å²) >= 11 is 11.4. The van der Waals surface area contributed by atoms with Crippen LogP contribution in [-0.4, -0.2) is 15.3 Å². The molecule has 0 aromatic carbocycles. The van der Waals surface area contributed by atoms with Crippen LogP contribution in [0.2, 0.25) is 10.3 Å². The van der Waals surface area contributed by atoms with Crippen molar-refractivity contribution in [2.75, 3.05) is 0 Å². The molecule has 0 aliphatic carbocycles. The Morgan fingerprint density at radius 2 is 2.31 bits per heavy atom. The van der Waals surface area contributed by atoms with Crippen LogP contribution in [0.25, 0.3) is 0 Å². The van der Waals surface area contributed by atoms with Gasteiger partial charge in [0.1, 0.15) is 5.15 Å². The molecule has 0 amide bonds. The molecule has 16 heavy (non-hydrogen) atoms. The molecule has 0 N–H and O–H groups in total. The van der Waals surface area contributed by atoms with Gasteiger partial charge in [-0.1, -0.05) is 35.9 Å². The third-order valence-corrected chi connectivity index (χ3v) is 2.47. The van der Waals surface area contributed by atoms with Crippen LogP contribution in [0.3, 0.4) is 0 Å². The fraction of sp³-hybridized carbons (Fsp3) is 0.200. The summed E-state index contributed by atoms with van der Waals surface area (Å²) in [5.74, 6) is -0.718. The second-order valence-corrected chi connectivity index (χ2v) is 3.76. The minimum absolute atomic E-state index is 0.0216. The predicted molar refractivity (Wildman–Crippen MR) is 61.3 cm³/mol. The number of rotatable bonds is 5. The maximum absolute atomic E-state index is 12.2. The van der Waals surface area contributed by atoms with Gasteiger partial charge in [-0.2, -0.15) is 0 Å². The van der Waals surface area contributed by atoms with E-state index < -0.39 is 5.83 Å². The molecule has 0 aliphatic rings. The van der Waals surface area contributed by atoms with Crippen molar-refractivity contribution in [3.63, 3.8) is 0 Å². The first-order valence-corrected chi connectivity index (χ1v) is 5.15. The average Bonchev–Trinajstić information content (AvgIpc) is 2.49. The van der Waals surface area contributed by atoms with Gasteiger partial charge in [-0.15, -0.1) is 0 Å². The fourth-order valence-electron chi connectivity index (χ4n) is 0.992. The Morgan fingerprint density at radius 1 is 1.62 bits per heavy atom. The monoisotopic (exact) mass is 262 g/mol. The molecule has 1 heterocycles. The quantitative estimate of drug-likeness (QED) is 0.764. The van der Waals surface area contributed by atoms with Crippen molar-refractivity contribution in [2.45, 2.75) is 13.0 Å². The standard InChI is InChI=1S/C10H9Cl2FN2O/c1-7(13)3-2-4-8(16)5-15-6-14-9(11)10(15)12/h2,4,6H,1,3,5H2/b4-2-. The molecule has 0 spiro atoms. The molecule has 86 valence electrons. The zero-order chi connectivity index (χ0) is 12.1. The molecule has 0 fully saturated rings. The molecule has 6 heteroatoms. The Labute approximate surface area is 102 Å². The third kappa shape index (κ3) is 3.79. The van der Waals surface area contributed by atoms with Gasteiger partial charge in [0, 0.05) is 6.42 Å². The first kappa shape index (κ1) is 12.9. The van der Waals surface area contributed by atoms with Crippen molar-refractivity contribution in [1.82, 2.24) is 9.55 Å². The number of imidazole rings is 1. The van der Waals surface area contributed by atoms with E-state index >= 15 is 0 Å². The van der Waals surface area contributed by atoms with Gasteiger partial charge in [0.15, 0.2) is 10.9 Å². The number of hydrogen-bond acceptors (Lipinski definition) is 2. The Hall–Kier alpha value is -1.13. The van der Waals surface area contributed by atoms with Crippen molar-refractivity contribution in [3.05, 3.63) is 41.2 Å². The van der Waals surface area contributed by atoms with Crippen LogP contribution < -0.4 is 0 Å². The van der Waals surface area contributed by atoms with Gasteiger partial charge in [-0.05, 0) is 6.08 Å². The summed E-state index contributed by atoms with van der Waals surface area (Å²) < 4.78 is 13.6. The lowest BCUT2D eigenvalue weighted by atomic mass is 10.3. The number of aromatic nitrogens is 2. The zero-order valence-corrected chi connectivity index (χ0v) is 9.80. The van der Waals surface area contributed by atoms with E-state index in [1.165, 1.54) is 23.0 Å². The Bertz CT molecular complexity index is 440. The SMILES string of the molecule is C=C(F)C/C=C\C(=O)Cn1cnc(Cl)c1Cl. The summed E-state index contributed by atoms with van der Waals surface area (Å²) in [4.78, 5) is 15.1. The molecule has 0 radical (unpaired) electrons. The Balaban J connectivity index is 2.55. The van der Waals surface area contributed by atoms with Crippen LogP contribution in [-0.2, 0) is 11.3 Å². The lowest BCUT2D eigenvalue weighted by Gasteiger charge is -1.99. The van der Waals surface area contributed by atoms with E-state index in [-0.39, 0.29) is 29.1 Å². The van der Waals surface area contributed by atoms with Gasteiger partial charge in [0.05, 0.1) is 18.7 Å². The van der Waals surface area contributed by atoms with E-state index in [0.29, 0.717) is 0 Å². The molecule has 1 rings (SSSR count). The van der Waals surface area contributed by atoms with E-state index in [1.54, 1.807) is 0 Å². The van der Waals surface area contributed by atoms with Crippen molar-refractivity contribution in [2.24, 2.45) is 0 Å². The molecule has 0 aliphatic heterocycles. The Kier molecular flexibility index (Phi) is 4.71. The molecule has 0 bridgehead atoms. The number of carbonyl (C=O) groups excluding carboxylic acids is 1.